The molecule has 0 aliphatic heterocycles. The molecule has 0 aliphatic carbocycles. The number of benzene rings is 1. The minimum absolute atomic E-state index is 0.658. The molecule has 3 aromatic heterocycles. The second-order valence-corrected chi connectivity index (χ2v) is 6.44. The first-order valence-electron chi connectivity index (χ1n) is 6.84. The van der Waals surface area contributed by atoms with E-state index >= 15 is 0 Å². The second-order valence-electron chi connectivity index (χ2n) is 5.19. The van der Waals surface area contributed by atoms with Gasteiger partial charge in [-0.3, -0.25) is 4.98 Å². The summed E-state index contributed by atoms with van der Waals surface area (Å²) in [6, 6.07) is 12.3. The summed E-state index contributed by atoms with van der Waals surface area (Å²) in [7, 11) is 0. The molecule has 0 fully saturated rings. The Hall–Kier alpha value is -1.91. The molecule has 0 N–H and O–H groups in total. The Morgan fingerprint density at radius 3 is 2.82 bits per heavy atom. The molecule has 3 heterocycles. The Morgan fingerprint density at radius 1 is 1.00 bits per heavy atom. The molecule has 0 saturated heterocycles. The highest BCUT2D eigenvalue weighted by Crippen LogP contribution is 2.22. The molecular weight excluding hydrogens is 362 g/mol. The van der Waals surface area contributed by atoms with Gasteiger partial charge in [0.2, 0.25) is 0 Å². The highest BCUT2D eigenvalue weighted by Gasteiger charge is 2.05. The molecule has 22 heavy (non-hydrogen) atoms. The Bertz CT molecular complexity index is 994. The Balaban J connectivity index is 1.77. The van der Waals surface area contributed by atoms with Crippen LogP contribution in [0.25, 0.3) is 21.8 Å². The average molecular weight is 373 g/mol. The number of nitrogens with zero attached hydrogens (tertiary/aromatic N) is 3. The monoisotopic (exact) mass is 371 g/mol. The molecular formula is C17H11BrClN3. The summed E-state index contributed by atoms with van der Waals surface area (Å²) in [5.74, 6) is 0. The number of pyridine rings is 2. The van der Waals surface area contributed by atoms with Crippen molar-refractivity contribution in [3.63, 3.8) is 0 Å². The Kier molecular flexibility index (Phi) is 3.36. The van der Waals surface area contributed by atoms with E-state index in [1.807, 2.05) is 24.4 Å². The third-order valence-electron chi connectivity index (χ3n) is 3.69. The van der Waals surface area contributed by atoms with Crippen LogP contribution in [0.3, 0.4) is 0 Å². The lowest BCUT2D eigenvalue weighted by molar-refractivity contribution is 0.837. The molecule has 4 rings (SSSR count). The lowest BCUT2D eigenvalue weighted by Gasteiger charge is -2.07. The van der Waals surface area contributed by atoms with Crippen molar-refractivity contribution in [1.29, 1.82) is 0 Å². The van der Waals surface area contributed by atoms with Gasteiger partial charge in [0.05, 0.1) is 16.1 Å². The third kappa shape index (κ3) is 2.49. The molecule has 5 heteroatoms. The molecule has 0 atom stereocenters. The fraction of sp³-hybridized carbons (Fsp3) is 0.0588. The summed E-state index contributed by atoms with van der Waals surface area (Å²) in [5.41, 5.74) is 3.32. The van der Waals surface area contributed by atoms with Crippen molar-refractivity contribution in [3.8, 4) is 0 Å². The van der Waals surface area contributed by atoms with Crippen LogP contribution in [-0.2, 0) is 6.54 Å². The Labute approximate surface area is 140 Å². The van der Waals surface area contributed by atoms with E-state index < -0.39 is 0 Å². The van der Waals surface area contributed by atoms with Crippen molar-refractivity contribution in [2.75, 3.05) is 0 Å². The SMILES string of the molecule is Clc1cnc2ccc(Cn3ccc4cnc(Br)cc43)cc2c1. The van der Waals surface area contributed by atoms with Crippen LogP contribution in [0.5, 0.6) is 0 Å². The maximum atomic E-state index is 6.03. The minimum atomic E-state index is 0.658. The van der Waals surface area contributed by atoms with E-state index in [9.17, 15) is 0 Å². The average Bonchev–Trinajstić information content (AvgIpc) is 2.89. The van der Waals surface area contributed by atoms with Crippen molar-refractivity contribution in [3.05, 3.63) is 70.2 Å². The van der Waals surface area contributed by atoms with Gasteiger partial charge in [-0.05, 0) is 51.8 Å². The summed E-state index contributed by atoms with van der Waals surface area (Å²) in [6.45, 7) is 0.794. The highest BCUT2D eigenvalue weighted by atomic mass is 79.9. The summed E-state index contributed by atoms with van der Waals surface area (Å²) >= 11 is 9.46. The predicted octanol–water partition coefficient (Wildman–Crippen LogP) is 5.05. The molecule has 0 saturated carbocycles. The van der Waals surface area contributed by atoms with Crippen molar-refractivity contribution >= 4 is 49.3 Å². The molecule has 4 aromatic rings. The van der Waals surface area contributed by atoms with Crippen LogP contribution in [0.1, 0.15) is 5.56 Å². The molecule has 0 aliphatic rings. The van der Waals surface area contributed by atoms with Crippen LogP contribution in [0.15, 0.2) is 59.6 Å². The van der Waals surface area contributed by atoms with Crippen LogP contribution in [0.4, 0.5) is 0 Å². The van der Waals surface area contributed by atoms with Crippen LogP contribution >= 0.6 is 27.5 Å². The largest absolute Gasteiger partial charge is 0.343 e. The van der Waals surface area contributed by atoms with Crippen molar-refractivity contribution < 1.29 is 0 Å². The standard InChI is InChI=1S/C17H11BrClN3/c18-17-7-16-12(8-21-17)3-4-22(16)10-11-1-2-15-13(5-11)6-14(19)9-20-15/h1-9H,10H2. The quantitative estimate of drug-likeness (QED) is 0.461. The lowest BCUT2D eigenvalue weighted by Crippen LogP contribution is -1.98. The van der Waals surface area contributed by atoms with Gasteiger partial charge in [0.25, 0.3) is 0 Å². The van der Waals surface area contributed by atoms with Crippen LogP contribution in [-0.4, -0.2) is 14.5 Å². The van der Waals surface area contributed by atoms with Crippen molar-refractivity contribution in [1.82, 2.24) is 14.5 Å². The summed E-state index contributed by atoms with van der Waals surface area (Å²) in [5, 5.41) is 2.85. The number of fused-ring (bicyclic) bond motifs is 2. The fourth-order valence-electron chi connectivity index (χ4n) is 2.65. The number of hydrogen-bond acceptors (Lipinski definition) is 2. The van der Waals surface area contributed by atoms with Gasteiger partial charge in [-0.25, -0.2) is 4.98 Å². The van der Waals surface area contributed by atoms with E-state index in [0.29, 0.717) is 5.02 Å². The molecule has 3 nitrogen and oxygen atoms in total. The van der Waals surface area contributed by atoms with Gasteiger partial charge in [0.15, 0.2) is 0 Å². The first-order chi connectivity index (χ1) is 10.7. The fourth-order valence-corrected chi connectivity index (χ4v) is 3.13. The van der Waals surface area contributed by atoms with Gasteiger partial charge < -0.3 is 4.57 Å². The molecule has 0 amide bonds. The number of rotatable bonds is 2. The van der Waals surface area contributed by atoms with Crippen molar-refractivity contribution in [2.45, 2.75) is 6.54 Å². The van der Waals surface area contributed by atoms with Gasteiger partial charge in [0.1, 0.15) is 4.60 Å². The van der Waals surface area contributed by atoms with E-state index in [-0.39, 0.29) is 0 Å². The van der Waals surface area contributed by atoms with Gasteiger partial charge in [-0.2, -0.15) is 0 Å². The zero-order valence-corrected chi connectivity index (χ0v) is 13.8. The predicted molar refractivity (Wildman–Crippen MR) is 93.3 cm³/mol. The molecule has 108 valence electrons. The van der Waals surface area contributed by atoms with E-state index in [4.69, 9.17) is 11.6 Å². The van der Waals surface area contributed by atoms with E-state index in [0.717, 1.165) is 33.0 Å². The number of halogens is 2. The van der Waals surface area contributed by atoms with E-state index in [2.05, 4.69) is 54.9 Å². The highest BCUT2D eigenvalue weighted by molar-refractivity contribution is 9.10. The summed E-state index contributed by atoms with van der Waals surface area (Å²) in [6.07, 6.45) is 5.63. The Morgan fingerprint density at radius 2 is 1.91 bits per heavy atom. The van der Waals surface area contributed by atoms with Crippen molar-refractivity contribution in [2.24, 2.45) is 0 Å². The number of hydrogen-bond donors (Lipinski definition) is 0. The van der Waals surface area contributed by atoms with E-state index in [1.54, 1.807) is 6.20 Å². The molecule has 0 unspecified atom stereocenters. The van der Waals surface area contributed by atoms with Gasteiger partial charge in [-0.1, -0.05) is 17.7 Å². The summed E-state index contributed by atoms with van der Waals surface area (Å²) < 4.78 is 3.05. The van der Waals surface area contributed by atoms with E-state index in [1.165, 1.54) is 5.56 Å². The number of aromatic nitrogens is 3. The van der Waals surface area contributed by atoms with Crippen LogP contribution < -0.4 is 0 Å². The minimum Gasteiger partial charge on any atom is -0.343 e. The topological polar surface area (TPSA) is 30.7 Å². The van der Waals surface area contributed by atoms with Gasteiger partial charge in [0, 0.05) is 35.9 Å². The summed E-state index contributed by atoms with van der Waals surface area (Å²) in [4.78, 5) is 8.59. The second kappa shape index (κ2) is 5.38. The first-order valence-corrected chi connectivity index (χ1v) is 8.01. The first kappa shape index (κ1) is 13.7. The van der Waals surface area contributed by atoms with Gasteiger partial charge >= 0.3 is 0 Å². The molecule has 0 bridgehead atoms. The molecule has 1 aromatic carbocycles. The zero-order chi connectivity index (χ0) is 15.1. The van der Waals surface area contributed by atoms with Gasteiger partial charge in [-0.15, -0.1) is 0 Å². The van der Waals surface area contributed by atoms with Crippen LogP contribution in [0.2, 0.25) is 5.02 Å². The molecule has 0 radical (unpaired) electrons. The third-order valence-corrected chi connectivity index (χ3v) is 4.33. The molecule has 0 spiro atoms. The lowest BCUT2D eigenvalue weighted by atomic mass is 10.1. The normalized spacial score (nSPS) is 11.4. The maximum Gasteiger partial charge on any atom is 0.108 e. The zero-order valence-electron chi connectivity index (χ0n) is 11.5. The maximum absolute atomic E-state index is 6.03. The van der Waals surface area contributed by atoms with Crippen LogP contribution in [0, 0.1) is 0 Å². The smallest absolute Gasteiger partial charge is 0.108 e.